The highest BCUT2D eigenvalue weighted by molar-refractivity contribution is 5.92. The Bertz CT molecular complexity index is 767. The maximum atomic E-state index is 3.51. The first-order chi connectivity index (χ1) is 8.92. The van der Waals surface area contributed by atoms with Gasteiger partial charge in [-0.15, -0.1) is 0 Å². The molecule has 2 aliphatic rings. The van der Waals surface area contributed by atoms with Crippen LogP contribution in [0.1, 0.15) is 5.56 Å². The first-order valence-electron chi connectivity index (χ1n) is 6.14. The fraction of sp³-hybridized carbons (Fsp3) is 0. The second-order valence-corrected chi connectivity index (χ2v) is 4.60. The Kier molecular flexibility index (Phi) is 1.92. The van der Waals surface area contributed by atoms with Crippen LogP contribution in [0.15, 0.2) is 77.9 Å². The molecule has 0 saturated carbocycles. The average molecular weight is 227 g/mol. The van der Waals surface area contributed by atoms with Crippen molar-refractivity contribution in [1.29, 1.82) is 0 Å². The van der Waals surface area contributed by atoms with Crippen molar-refractivity contribution in [3.05, 3.63) is 89.6 Å². The van der Waals surface area contributed by atoms with Crippen molar-refractivity contribution < 1.29 is 0 Å². The van der Waals surface area contributed by atoms with Crippen LogP contribution in [0.5, 0.6) is 0 Å². The molecule has 0 aliphatic heterocycles. The predicted octanol–water partition coefficient (Wildman–Crippen LogP) is 4.46. The largest absolute Gasteiger partial charge is 0.0616 e. The van der Waals surface area contributed by atoms with Crippen molar-refractivity contribution in [2.45, 2.75) is 0 Å². The van der Waals surface area contributed by atoms with Crippen LogP contribution in [-0.2, 0) is 0 Å². The van der Waals surface area contributed by atoms with Crippen molar-refractivity contribution in [3.8, 4) is 0 Å². The summed E-state index contributed by atoms with van der Waals surface area (Å²) < 4.78 is 0. The van der Waals surface area contributed by atoms with Crippen LogP contribution in [0, 0.1) is 6.07 Å². The van der Waals surface area contributed by atoms with E-state index >= 15 is 0 Å². The molecule has 83 valence electrons. The van der Waals surface area contributed by atoms with Gasteiger partial charge < -0.3 is 0 Å². The Morgan fingerprint density at radius 2 is 1.72 bits per heavy atom. The van der Waals surface area contributed by atoms with Gasteiger partial charge in [0.2, 0.25) is 0 Å². The zero-order valence-corrected chi connectivity index (χ0v) is 9.85. The normalized spacial score (nSPS) is 16.6. The molecule has 0 amide bonds. The van der Waals surface area contributed by atoms with Crippen molar-refractivity contribution >= 4 is 16.3 Å². The van der Waals surface area contributed by atoms with Gasteiger partial charge in [0.1, 0.15) is 0 Å². The Hall–Kier alpha value is -2.34. The van der Waals surface area contributed by atoms with E-state index in [9.17, 15) is 0 Å². The van der Waals surface area contributed by atoms with Gasteiger partial charge in [-0.1, -0.05) is 66.8 Å². The molecule has 18 heavy (non-hydrogen) atoms. The fourth-order valence-corrected chi connectivity index (χ4v) is 2.60. The van der Waals surface area contributed by atoms with Crippen molar-refractivity contribution in [1.82, 2.24) is 0 Å². The lowest BCUT2D eigenvalue weighted by Gasteiger charge is -2.05. The van der Waals surface area contributed by atoms with Crippen LogP contribution >= 0.6 is 0 Å². The van der Waals surface area contributed by atoms with Crippen LogP contribution in [-0.4, -0.2) is 0 Å². The van der Waals surface area contributed by atoms with E-state index in [1.165, 1.54) is 33.1 Å². The van der Waals surface area contributed by atoms with Gasteiger partial charge in [0.25, 0.3) is 0 Å². The molecule has 0 spiro atoms. The molecule has 0 saturated heterocycles. The lowest BCUT2D eigenvalue weighted by Crippen LogP contribution is -1.84. The van der Waals surface area contributed by atoms with Crippen LogP contribution in [0.2, 0.25) is 0 Å². The Morgan fingerprint density at radius 1 is 0.778 bits per heavy atom. The lowest BCUT2D eigenvalue weighted by molar-refractivity contribution is 1.62. The van der Waals surface area contributed by atoms with Crippen LogP contribution in [0.4, 0.5) is 0 Å². The molecule has 2 aliphatic carbocycles. The Labute approximate surface area is 106 Å². The van der Waals surface area contributed by atoms with Gasteiger partial charge in [-0.2, -0.15) is 0 Å². The number of benzene rings is 2. The maximum absolute atomic E-state index is 3.51. The van der Waals surface area contributed by atoms with E-state index in [0.29, 0.717) is 0 Å². The molecular weight excluding hydrogens is 216 g/mol. The van der Waals surface area contributed by atoms with Crippen molar-refractivity contribution in [2.24, 2.45) is 0 Å². The highest BCUT2D eigenvalue weighted by Crippen LogP contribution is 2.36. The summed E-state index contributed by atoms with van der Waals surface area (Å²) >= 11 is 0. The number of rotatable bonds is 1. The molecule has 0 atom stereocenters. The second-order valence-electron chi connectivity index (χ2n) is 4.60. The Morgan fingerprint density at radius 3 is 2.72 bits per heavy atom. The summed E-state index contributed by atoms with van der Waals surface area (Å²) in [6.07, 6.45) is 10.8. The standard InChI is InChI=1S/C18H11/c1-2-5-15-12-16(9-8-13(15)4-1)18-11-10-14-6-3-7-17(14)18/h1-11H. The fourth-order valence-electron chi connectivity index (χ4n) is 2.60. The van der Waals surface area contributed by atoms with Crippen LogP contribution in [0.25, 0.3) is 16.3 Å². The van der Waals surface area contributed by atoms with Gasteiger partial charge >= 0.3 is 0 Å². The maximum Gasteiger partial charge on any atom is -0.00141 e. The molecule has 4 rings (SSSR count). The number of fused-ring (bicyclic) bond motifs is 2. The molecule has 0 heterocycles. The average Bonchev–Trinajstić information content (AvgIpc) is 3.00. The lowest BCUT2D eigenvalue weighted by atomic mass is 9.99. The molecule has 0 aromatic heterocycles. The minimum absolute atomic E-state index is 1.18. The summed E-state index contributed by atoms with van der Waals surface area (Å²) in [5, 5.41) is 2.42. The van der Waals surface area contributed by atoms with Crippen molar-refractivity contribution in [2.75, 3.05) is 0 Å². The molecule has 0 fully saturated rings. The third-order valence-electron chi connectivity index (χ3n) is 3.52. The third kappa shape index (κ3) is 1.32. The molecule has 0 heteroatoms. The molecule has 0 unspecified atom stereocenters. The highest BCUT2D eigenvalue weighted by Gasteiger charge is 2.15. The van der Waals surface area contributed by atoms with E-state index in [1.807, 2.05) is 0 Å². The zero-order chi connectivity index (χ0) is 11.9. The summed E-state index contributed by atoms with van der Waals surface area (Å²) in [4.78, 5) is 0. The number of allylic oxidation sites excluding steroid dienone is 8. The third-order valence-corrected chi connectivity index (χ3v) is 3.52. The van der Waals surface area contributed by atoms with E-state index in [-0.39, 0.29) is 0 Å². The van der Waals surface area contributed by atoms with Crippen LogP contribution in [0.3, 0.4) is 0 Å². The SMILES string of the molecule is [c]1c(C2=C3C=CC=C3C=C2)ccc2ccccc12. The van der Waals surface area contributed by atoms with E-state index in [4.69, 9.17) is 0 Å². The van der Waals surface area contributed by atoms with Crippen molar-refractivity contribution in [3.63, 3.8) is 0 Å². The van der Waals surface area contributed by atoms with E-state index in [1.54, 1.807) is 0 Å². The molecule has 2 aromatic rings. The first kappa shape index (κ1) is 9.67. The van der Waals surface area contributed by atoms with Gasteiger partial charge in [-0.05, 0) is 39.1 Å². The molecule has 0 bridgehead atoms. The predicted molar refractivity (Wildman–Crippen MR) is 76.1 cm³/mol. The molecule has 0 nitrogen and oxygen atoms in total. The molecule has 2 aromatic carbocycles. The van der Waals surface area contributed by atoms with Gasteiger partial charge in [0.15, 0.2) is 0 Å². The van der Waals surface area contributed by atoms with E-state index in [2.05, 4.69) is 72.8 Å². The summed E-state index contributed by atoms with van der Waals surface area (Å²) in [7, 11) is 0. The van der Waals surface area contributed by atoms with Gasteiger partial charge in [-0.25, -0.2) is 0 Å². The quantitative estimate of drug-likeness (QED) is 0.674. The Balaban J connectivity index is 1.94. The monoisotopic (exact) mass is 227 g/mol. The molecule has 1 radical (unpaired) electrons. The minimum Gasteiger partial charge on any atom is -0.0616 e. The minimum atomic E-state index is 1.18. The summed E-state index contributed by atoms with van der Waals surface area (Å²) in [5.74, 6) is 0. The number of hydrogen-bond donors (Lipinski definition) is 0. The van der Waals surface area contributed by atoms with Gasteiger partial charge in [-0.3, -0.25) is 0 Å². The van der Waals surface area contributed by atoms with E-state index < -0.39 is 0 Å². The number of hydrogen-bond acceptors (Lipinski definition) is 0. The molecular formula is C18H11. The van der Waals surface area contributed by atoms with Gasteiger partial charge in [0.05, 0.1) is 0 Å². The summed E-state index contributed by atoms with van der Waals surface area (Å²) in [6, 6.07) is 16.2. The summed E-state index contributed by atoms with van der Waals surface area (Å²) in [6.45, 7) is 0. The topological polar surface area (TPSA) is 0 Å². The van der Waals surface area contributed by atoms with Crippen LogP contribution < -0.4 is 0 Å². The first-order valence-corrected chi connectivity index (χ1v) is 6.14. The zero-order valence-electron chi connectivity index (χ0n) is 9.85. The highest BCUT2D eigenvalue weighted by atomic mass is 14.2. The molecule has 0 N–H and O–H groups in total. The van der Waals surface area contributed by atoms with E-state index in [0.717, 1.165) is 0 Å². The van der Waals surface area contributed by atoms with Gasteiger partial charge in [0, 0.05) is 0 Å². The second kappa shape index (κ2) is 3.58. The summed E-state index contributed by atoms with van der Waals surface area (Å²) in [5.41, 5.74) is 5.09. The smallest absolute Gasteiger partial charge is 0.00141 e.